The first-order valence-electron chi connectivity index (χ1n) is 8.53. The molecule has 0 aliphatic carbocycles. The van der Waals surface area contributed by atoms with Crippen molar-refractivity contribution in [2.45, 2.75) is 6.42 Å². The summed E-state index contributed by atoms with van der Waals surface area (Å²) in [7, 11) is 1.41. The summed E-state index contributed by atoms with van der Waals surface area (Å²) in [6, 6.07) is 10.0. The number of esters is 1. The number of aliphatic imine (C=N–C) groups is 1. The van der Waals surface area contributed by atoms with E-state index in [0.29, 0.717) is 13.2 Å². The molecule has 6 heteroatoms. The van der Waals surface area contributed by atoms with Crippen LogP contribution in [-0.4, -0.2) is 45.6 Å². The van der Waals surface area contributed by atoms with Crippen molar-refractivity contribution in [3.8, 4) is 0 Å². The minimum Gasteiger partial charge on any atom is -0.469 e. The molecule has 3 rings (SSSR count). The average molecular weight is 370 g/mol. The van der Waals surface area contributed by atoms with E-state index < -0.39 is 0 Å². The van der Waals surface area contributed by atoms with Crippen LogP contribution in [0, 0.1) is 0 Å². The normalized spacial score (nSPS) is 15.0. The van der Waals surface area contributed by atoms with Crippen LogP contribution in [0.5, 0.6) is 0 Å². The van der Waals surface area contributed by atoms with Crippen molar-refractivity contribution in [2.75, 3.05) is 38.3 Å². The van der Waals surface area contributed by atoms with Crippen LogP contribution in [0.1, 0.15) is 10.4 Å². The number of benzene rings is 1. The van der Waals surface area contributed by atoms with Gasteiger partial charge in [0, 0.05) is 29.9 Å². The number of hydrogen-bond donors (Lipinski definition) is 0. The molecule has 1 saturated heterocycles. The summed E-state index contributed by atoms with van der Waals surface area (Å²) in [6.45, 7) is 3.04. The summed E-state index contributed by atoms with van der Waals surface area (Å²) in [6.07, 6.45) is 5.94. The molecule has 1 aromatic heterocycles. The number of morpholine rings is 1. The molecule has 0 bridgehead atoms. The first-order chi connectivity index (χ1) is 12.8. The second-order valence-electron chi connectivity index (χ2n) is 5.82. The van der Waals surface area contributed by atoms with Gasteiger partial charge in [0.25, 0.3) is 0 Å². The number of methoxy groups -OCH3 is 1. The first kappa shape index (κ1) is 18.4. The molecule has 0 N–H and O–H groups in total. The molecule has 1 aliphatic rings. The Morgan fingerprint density at radius 3 is 2.92 bits per heavy atom. The summed E-state index contributed by atoms with van der Waals surface area (Å²) in [4.78, 5) is 19.7. The highest BCUT2D eigenvalue weighted by atomic mass is 32.1. The Balaban J connectivity index is 1.77. The van der Waals surface area contributed by atoms with Crippen molar-refractivity contribution < 1.29 is 14.3 Å². The number of rotatable bonds is 6. The molecule has 0 amide bonds. The quantitative estimate of drug-likeness (QED) is 0.574. The fourth-order valence-corrected chi connectivity index (χ4v) is 3.42. The van der Waals surface area contributed by atoms with Crippen molar-refractivity contribution >= 4 is 41.0 Å². The average Bonchev–Trinajstić information content (AvgIpc) is 3.19. The van der Waals surface area contributed by atoms with Crippen LogP contribution in [0.4, 0.5) is 11.4 Å². The van der Waals surface area contributed by atoms with Crippen molar-refractivity contribution in [1.29, 1.82) is 0 Å². The van der Waals surface area contributed by atoms with Crippen LogP contribution in [0.25, 0.3) is 6.08 Å². The van der Waals surface area contributed by atoms with E-state index in [1.54, 1.807) is 17.6 Å². The number of ether oxygens (including phenoxy) is 2. The number of carbonyl (C=O) groups excluding carboxylic acids is 1. The van der Waals surface area contributed by atoms with E-state index in [0.717, 1.165) is 30.0 Å². The van der Waals surface area contributed by atoms with E-state index in [-0.39, 0.29) is 12.4 Å². The van der Waals surface area contributed by atoms with E-state index in [1.165, 1.54) is 12.0 Å². The first-order valence-corrected chi connectivity index (χ1v) is 9.41. The van der Waals surface area contributed by atoms with E-state index in [4.69, 9.17) is 9.47 Å². The predicted octanol–water partition coefficient (Wildman–Crippen LogP) is 3.72. The minimum atomic E-state index is -0.252. The maximum atomic E-state index is 11.8. The minimum absolute atomic E-state index is 0.234. The number of allylic oxidation sites excluding steroid dienone is 1. The second kappa shape index (κ2) is 9.31. The summed E-state index contributed by atoms with van der Waals surface area (Å²) >= 11 is 1.68. The lowest BCUT2D eigenvalue weighted by Gasteiger charge is -2.30. The standard InChI is InChI=1S/C20H22N2O3S/c1-24-20(23)15-16-14-17(21-8-2-4-18-5-3-13-26-18)6-7-19(16)22-9-11-25-12-10-22/h2-8,13-14H,9-12,15H2,1H3/b4-2+,21-8-. The zero-order valence-corrected chi connectivity index (χ0v) is 15.6. The van der Waals surface area contributed by atoms with Gasteiger partial charge >= 0.3 is 5.97 Å². The lowest BCUT2D eigenvalue weighted by molar-refractivity contribution is -0.139. The third-order valence-corrected chi connectivity index (χ3v) is 4.93. The summed E-state index contributed by atoms with van der Waals surface area (Å²) in [5.74, 6) is -0.252. The van der Waals surface area contributed by atoms with Crippen LogP contribution >= 0.6 is 11.3 Å². The van der Waals surface area contributed by atoms with Gasteiger partial charge in [-0.1, -0.05) is 6.07 Å². The van der Waals surface area contributed by atoms with E-state index in [9.17, 15) is 4.79 Å². The van der Waals surface area contributed by atoms with Crippen LogP contribution in [0.2, 0.25) is 0 Å². The van der Waals surface area contributed by atoms with Crippen molar-refractivity contribution in [3.05, 3.63) is 52.2 Å². The summed E-state index contributed by atoms with van der Waals surface area (Å²) in [5, 5.41) is 2.04. The van der Waals surface area contributed by atoms with Gasteiger partial charge < -0.3 is 14.4 Å². The Kier molecular flexibility index (Phi) is 6.57. The third kappa shape index (κ3) is 5.03. The number of nitrogens with zero attached hydrogens (tertiary/aromatic N) is 2. The number of carbonyl (C=O) groups is 1. The Labute approximate surface area is 157 Å². The van der Waals surface area contributed by atoms with Gasteiger partial charge in [-0.2, -0.15) is 0 Å². The SMILES string of the molecule is COC(=O)Cc1cc(/N=C\C=C\c2cccs2)ccc1N1CCOCC1. The topological polar surface area (TPSA) is 51.1 Å². The lowest BCUT2D eigenvalue weighted by atomic mass is 10.1. The maximum Gasteiger partial charge on any atom is 0.310 e. The van der Waals surface area contributed by atoms with E-state index in [1.807, 2.05) is 41.8 Å². The second-order valence-corrected chi connectivity index (χ2v) is 6.80. The number of thiophene rings is 1. The van der Waals surface area contributed by atoms with Crippen LogP contribution in [0.3, 0.4) is 0 Å². The molecule has 1 aliphatic heterocycles. The molecule has 5 nitrogen and oxygen atoms in total. The van der Waals surface area contributed by atoms with Gasteiger partial charge in [-0.25, -0.2) is 0 Å². The Morgan fingerprint density at radius 1 is 1.35 bits per heavy atom. The Hall–Kier alpha value is -2.44. The van der Waals surface area contributed by atoms with Crippen molar-refractivity contribution in [2.24, 2.45) is 4.99 Å². The molecular weight excluding hydrogens is 348 g/mol. The molecule has 0 radical (unpaired) electrons. The molecule has 0 saturated carbocycles. The van der Waals surface area contributed by atoms with Gasteiger partial charge in [-0.15, -0.1) is 11.3 Å². The van der Waals surface area contributed by atoms with Gasteiger partial charge in [0.15, 0.2) is 0 Å². The van der Waals surface area contributed by atoms with Crippen molar-refractivity contribution in [1.82, 2.24) is 0 Å². The molecule has 0 spiro atoms. The predicted molar refractivity (Wildman–Crippen MR) is 107 cm³/mol. The fraction of sp³-hybridized carbons (Fsp3) is 0.300. The van der Waals surface area contributed by atoms with Gasteiger partial charge in [-0.3, -0.25) is 9.79 Å². The van der Waals surface area contributed by atoms with Crippen LogP contribution in [-0.2, 0) is 20.7 Å². The van der Waals surface area contributed by atoms with E-state index in [2.05, 4.69) is 16.0 Å². The zero-order valence-electron chi connectivity index (χ0n) is 14.8. The number of anilines is 1. The lowest BCUT2D eigenvalue weighted by Crippen LogP contribution is -2.36. The monoisotopic (exact) mass is 370 g/mol. The molecule has 2 heterocycles. The van der Waals surface area contributed by atoms with Crippen molar-refractivity contribution in [3.63, 3.8) is 0 Å². The molecule has 1 fully saturated rings. The zero-order chi connectivity index (χ0) is 18.2. The Bertz CT molecular complexity index is 778. The van der Waals surface area contributed by atoms with Gasteiger partial charge in [0.2, 0.25) is 0 Å². The maximum absolute atomic E-state index is 11.8. The summed E-state index contributed by atoms with van der Waals surface area (Å²) < 4.78 is 10.3. The molecular formula is C20H22N2O3S. The summed E-state index contributed by atoms with van der Waals surface area (Å²) in [5.41, 5.74) is 2.79. The Morgan fingerprint density at radius 2 is 2.19 bits per heavy atom. The largest absolute Gasteiger partial charge is 0.469 e. The third-order valence-electron chi connectivity index (χ3n) is 4.09. The fourth-order valence-electron chi connectivity index (χ4n) is 2.79. The van der Waals surface area contributed by atoms with Crippen LogP contribution < -0.4 is 4.90 Å². The highest BCUT2D eigenvalue weighted by molar-refractivity contribution is 7.10. The molecule has 0 unspecified atom stereocenters. The van der Waals surface area contributed by atoms with E-state index >= 15 is 0 Å². The van der Waals surface area contributed by atoms with Gasteiger partial charge in [-0.05, 0) is 47.4 Å². The highest BCUT2D eigenvalue weighted by Gasteiger charge is 2.17. The molecule has 0 atom stereocenters. The molecule has 26 heavy (non-hydrogen) atoms. The van der Waals surface area contributed by atoms with Crippen LogP contribution in [0.15, 0.2) is 46.8 Å². The highest BCUT2D eigenvalue weighted by Crippen LogP contribution is 2.27. The molecule has 2 aromatic rings. The molecule has 136 valence electrons. The molecule has 1 aromatic carbocycles. The van der Waals surface area contributed by atoms with Gasteiger partial charge in [0.1, 0.15) is 0 Å². The smallest absolute Gasteiger partial charge is 0.310 e. The van der Waals surface area contributed by atoms with Gasteiger partial charge in [0.05, 0.1) is 32.4 Å². The number of hydrogen-bond acceptors (Lipinski definition) is 6.